The smallest absolute Gasteiger partial charge is 0.282 e. The van der Waals surface area contributed by atoms with Crippen LogP contribution in [0.4, 0.5) is 5.13 Å². The fraction of sp³-hybridized carbons (Fsp3) is 0.222. The van der Waals surface area contributed by atoms with Gasteiger partial charge in [0, 0.05) is 18.6 Å². The number of oxime groups is 1. The molecule has 102 valence electrons. The Kier molecular flexibility index (Phi) is 3.53. The Balaban J connectivity index is 2.24. The van der Waals surface area contributed by atoms with Crippen LogP contribution in [-0.2, 0) is 17.1 Å². The molecule has 0 bridgehead atoms. The minimum absolute atomic E-state index is 0.0840. The number of hydrogen-bond donors (Lipinski definition) is 2. The number of anilines is 1. The predicted molar refractivity (Wildman–Crippen MR) is 70.1 cm³/mol. The monoisotopic (exact) mass is 301 g/mol. The number of hydrogen-bond acceptors (Lipinski definition) is 7. The molecule has 0 aromatic carbocycles. The third kappa shape index (κ3) is 2.90. The average molecular weight is 301 g/mol. The van der Waals surface area contributed by atoms with Crippen LogP contribution < -0.4 is 4.72 Å². The molecule has 0 spiro atoms. The van der Waals surface area contributed by atoms with Crippen molar-refractivity contribution in [2.75, 3.05) is 4.72 Å². The zero-order valence-electron chi connectivity index (χ0n) is 10.1. The molecule has 0 aliphatic carbocycles. The zero-order valence-corrected chi connectivity index (χ0v) is 11.7. The number of thiazole rings is 1. The van der Waals surface area contributed by atoms with Crippen molar-refractivity contribution in [3.63, 3.8) is 0 Å². The van der Waals surface area contributed by atoms with Crippen molar-refractivity contribution in [3.05, 3.63) is 23.6 Å². The van der Waals surface area contributed by atoms with Crippen molar-refractivity contribution in [2.45, 2.75) is 11.9 Å². The van der Waals surface area contributed by atoms with E-state index in [1.807, 2.05) is 0 Å². The number of rotatable bonds is 4. The highest BCUT2D eigenvalue weighted by Gasteiger charge is 2.19. The summed E-state index contributed by atoms with van der Waals surface area (Å²) in [5, 5.41) is 13.3. The molecule has 19 heavy (non-hydrogen) atoms. The quantitative estimate of drug-likeness (QED) is 0.495. The van der Waals surface area contributed by atoms with Crippen LogP contribution in [0.2, 0.25) is 0 Å². The molecule has 0 saturated carbocycles. The molecule has 2 rings (SSSR count). The van der Waals surface area contributed by atoms with Gasteiger partial charge in [-0.1, -0.05) is 5.16 Å². The lowest BCUT2D eigenvalue weighted by Crippen LogP contribution is -2.13. The van der Waals surface area contributed by atoms with E-state index in [2.05, 4.69) is 19.8 Å². The Hall–Kier alpha value is -1.94. The number of nitrogens with one attached hydrogen (secondary N) is 1. The van der Waals surface area contributed by atoms with Crippen molar-refractivity contribution in [1.82, 2.24) is 14.5 Å². The Morgan fingerprint density at radius 3 is 2.89 bits per heavy atom. The summed E-state index contributed by atoms with van der Waals surface area (Å²) in [4.78, 5) is 7.77. The van der Waals surface area contributed by atoms with Crippen LogP contribution in [-0.4, -0.2) is 33.9 Å². The van der Waals surface area contributed by atoms with E-state index in [-0.39, 0.29) is 10.2 Å². The van der Waals surface area contributed by atoms with E-state index in [4.69, 9.17) is 5.21 Å². The van der Waals surface area contributed by atoms with Crippen LogP contribution >= 0.6 is 11.3 Å². The van der Waals surface area contributed by atoms with Gasteiger partial charge in [-0.15, -0.1) is 11.3 Å². The van der Waals surface area contributed by atoms with Crippen LogP contribution in [0.1, 0.15) is 12.6 Å². The Morgan fingerprint density at radius 1 is 1.58 bits per heavy atom. The number of imidazole rings is 1. The van der Waals surface area contributed by atoms with Gasteiger partial charge in [0.05, 0.1) is 6.33 Å². The second-order valence-corrected chi connectivity index (χ2v) is 6.19. The first-order valence-electron chi connectivity index (χ1n) is 5.07. The lowest BCUT2D eigenvalue weighted by molar-refractivity contribution is 0.319. The van der Waals surface area contributed by atoms with Crippen LogP contribution in [0.5, 0.6) is 0 Å². The SMILES string of the molecule is CC(=NO)c1csc(NS(=O)(=O)c2cn(C)cn2)n1. The normalized spacial score (nSPS) is 12.6. The summed E-state index contributed by atoms with van der Waals surface area (Å²) in [7, 11) is -2.07. The fourth-order valence-electron chi connectivity index (χ4n) is 1.23. The molecular formula is C9H11N5O3S2. The largest absolute Gasteiger partial charge is 0.411 e. The van der Waals surface area contributed by atoms with E-state index in [0.717, 1.165) is 11.3 Å². The molecule has 8 nitrogen and oxygen atoms in total. The van der Waals surface area contributed by atoms with Crippen LogP contribution in [0.15, 0.2) is 28.1 Å². The molecule has 0 aliphatic heterocycles. The molecule has 2 aromatic rings. The molecule has 2 aromatic heterocycles. The standard InChI is InChI=1S/C9H11N5O3S2/c1-6(12-15)7-4-18-9(11-7)13-19(16,17)8-3-14(2)5-10-8/h3-5,15H,1-2H3,(H,11,13). The topological polar surface area (TPSA) is 109 Å². The highest BCUT2D eigenvalue weighted by Crippen LogP contribution is 2.19. The maximum absolute atomic E-state index is 12.0. The van der Waals surface area contributed by atoms with Gasteiger partial charge in [-0.3, -0.25) is 4.72 Å². The highest BCUT2D eigenvalue weighted by molar-refractivity contribution is 7.92. The van der Waals surface area contributed by atoms with Crippen LogP contribution in [0, 0.1) is 0 Å². The van der Waals surface area contributed by atoms with E-state index in [9.17, 15) is 8.42 Å². The number of sulfonamides is 1. The van der Waals surface area contributed by atoms with Gasteiger partial charge < -0.3 is 9.77 Å². The minimum Gasteiger partial charge on any atom is -0.411 e. The van der Waals surface area contributed by atoms with Crippen molar-refractivity contribution in [2.24, 2.45) is 12.2 Å². The van der Waals surface area contributed by atoms with E-state index < -0.39 is 10.0 Å². The zero-order chi connectivity index (χ0) is 14.0. The second-order valence-electron chi connectivity index (χ2n) is 3.71. The first kappa shape index (κ1) is 13.5. The number of nitrogens with zero attached hydrogens (tertiary/aromatic N) is 4. The second kappa shape index (κ2) is 4.97. The third-order valence-corrected chi connectivity index (χ3v) is 4.31. The highest BCUT2D eigenvalue weighted by atomic mass is 32.2. The molecule has 0 radical (unpaired) electrons. The van der Waals surface area contributed by atoms with Gasteiger partial charge in [0.25, 0.3) is 10.0 Å². The molecule has 0 amide bonds. The molecule has 0 saturated heterocycles. The number of aryl methyl sites for hydroxylation is 1. The minimum atomic E-state index is -3.75. The first-order valence-corrected chi connectivity index (χ1v) is 7.44. The molecule has 0 aliphatic rings. The lowest BCUT2D eigenvalue weighted by atomic mass is 10.3. The molecule has 10 heteroatoms. The van der Waals surface area contributed by atoms with Gasteiger partial charge in [0.1, 0.15) is 11.4 Å². The molecule has 0 atom stereocenters. The fourth-order valence-corrected chi connectivity index (χ4v) is 3.22. The summed E-state index contributed by atoms with van der Waals surface area (Å²) in [5.74, 6) is 0. The van der Waals surface area contributed by atoms with Gasteiger partial charge in [0.2, 0.25) is 0 Å². The van der Waals surface area contributed by atoms with E-state index >= 15 is 0 Å². The van der Waals surface area contributed by atoms with Crippen LogP contribution in [0.25, 0.3) is 0 Å². The van der Waals surface area contributed by atoms with E-state index in [1.165, 1.54) is 17.1 Å². The van der Waals surface area contributed by atoms with Crippen molar-refractivity contribution < 1.29 is 13.6 Å². The Labute approximate surface area is 113 Å². The molecule has 0 fully saturated rings. The summed E-state index contributed by atoms with van der Waals surface area (Å²) in [6.45, 7) is 1.56. The third-order valence-electron chi connectivity index (χ3n) is 2.20. The van der Waals surface area contributed by atoms with Gasteiger partial charge >= 0.3 is 0 Å². The molecule has 0 unspecified atom stereocenters. The summed E-state index contributed by atoms with van der Waals surface area (Å²) in [5.41, 5.74) is 0.714. The molecule has 2 N–H and O–H groups in total. The predicted octanol–water partition coefficient (Wildman–Crippen LogP) is 0.876. The van der Waals surface area contributed by atoms with Crippen LogP contribution in [0.3, 0.4) is 0 Å². The van der Waals surface area contributed by atoms with Gasteiger partial charge in [0.15, 0.2) is 10.2 Å². The summed E-state index contributed by atoms with van der Waals surface area (Å²) in [6, 6.07) is 0. The van der Waals surface area contributed by atoms with Crippen molar-refractivity contribution >= 4 is 32.2 Å². The maximum atomic E-state index is 12.0. The van der Waals surface area contributed by atoms with Gasteiger partial charge in [-0.2, -0.15) is 8.42 Å². The first-order chi connectivity index (χ1) is 8.92. The summed E-state index contributed by atoms with van der Waals surface area (Å²) >= 11 is 1.09. The van der Waals surface area contributed by atoms with Gasteiger partial charge in [-0.25, -0.2) is 9.97 Å². The van der Waals surface area contributed by atoms with Gasteiger partial charge in [-0.05, 0) is 6.92 Å². The average Bonchev–Trinajstić information content (AvgIpc) is 2.97. The number of aromatic nitrogens is 3. The molecule has 2 heterocycles. The summed E-state index contributed by atoms with van der Waals surface area (Å²) in [6.07, 6.45) is 2.78. The lowest BCUT2D eigenvalue weighted by Gasteiger charge is -2.00. The summed E-state index contributed by atoms with van der Waals surface area (Å²) < 4.78 is 27.8. The van der Waals surface area contributed by atoms with Crippen molar-refractivity contribution in [1.29, 1.82) is 0 Å². The maximum Gasteiger partial charge on any atom is 0.282 e. The van der Waals surface area contributed by atoms with E-state index in [0.29, 0.717) is 11.4 Å². The molecular weight excluding hydrogens is 290 g/mol. The van der Waals surface area contributed by atoms with E-state index in [1.54, 1.807) is 19.4 Å². The Morgan fingerprint density at radius 2 is 2.32 bits per heavy atom. The Bertz CT molecular complexity index is 716. The van der Waals surface area contributed by atoms with Crippen molar-refractivity contribution in [3.8, 4) is 0 Å².